The third kappa shape index (κ3) is 5.05. The number of nitrogens with zero attached hydrogens (tertiary/aromatic N) is 1. The van der Waals surface area contributed by atoms with Crippen molar-refractivity contribution in [3.05, 3.63) is 30.1 Å². The van der Waals surface area contributed by atoms with E-state index in [4.69, 9.17) is 4.74 Å². The van der Waals surface area contributed by atoms with Gasteiger partial charge in [-0.15, -0.1) is 0 Å². The molecule has 0 bridgehead atoms. The summed E-state index contributed by atoms with van der Waals surface area (Å²) >= 11 is 0. The monoisotopic (exact) mass is 279 g/mol. The lowest BCUT2D eigenvalue weighted by Crippen LogP contribution is -2.46. The number of aromatic nitrogens is 1. The molecule has 0 spiro atoms. The first-order valence-corrected chi connectivity index (χ1v) is 6.19. The topological polar surface area (TPSA) is 97.4 Å². The summed E-state index contributed by atoms with van der Waals surface area (Å²) in [6.45, 7) is 3.34. The van der Waals surface area contributed by atoms with Gasteiger partial charge in [-0.05, 0) is 26.0 Å². The van der Waals surface area contributed by atoms with Gasteiger partial charge in [0.05, 0.1) is 0 Å². The van der Waals surface area contributed by atoms with Crippen LogP contribution in [-0.4, -0.2) is 42.0 Å². The molecule has 1 atom stereocenters. The molecular formula is C13H17N3O4. The Morgan fingerprint density at radius 2 is 2.10 bits per heavy atom. The lowest BCUT2D eigenvalue weighted by atomic mass is 10.3. The van der Waals surface area contributed by atoms with Gasteiger partial charge in [-0.3, -0.25) is 9.59 Å². The fraction of sp³-hybridized carbons (Fsp3) is 0.385. The van der Waals surface area contributed by atoms with Crippen molar-refractivity contribution in [2.45, 2.75) is 19.9 Å². The summed E-state index contributed by atoms with van der Waals surface area (Å²) in [6, 6.07) is 4.10. The van der Waals surface area contributed by atoms with Gasteiger partial charge >= 0.3 is 5.97 Å². The first kappa shape index (κ1) is 15.6. The Morgan fingerprint density at radius 3 is 2.70 bits per heavy atom. The number of carbonyl (C=O) groups is 3. The number of carbonyl (C=O) groups excluding carboxylic acids is 3. The molecule has 0 unspecified atom stereocenters. The van der Waals surface area contributed by atoms with Gasteiger partial charge in [0.25, 0.3) is 5.91 Å². The average molecular weight is 279 g/mol. The molecule has 2 N–H and O–H groups in total. The molecule has 0 fully saturated rings. The molecule has 0 saturated heterocycles. The van der Waals surface area contributed by atoms with E-state index in [2.05, 4.69) is 15.6 Å². The lowest BCUT2D eigenvalue weighted by molar-refractivity contribution is -0.130. The second-order valence-corrected chi connectivity index (χ2v) is 3.97. The van der Waals surface area contributed by atoms with Crippen LogP contribution in [0.3, 0.4) is 0 Å². The highest BCUT2D eigenvalue weighted by Crippen LogP contribution is 1.96. The van der Waals surface area contributed by atoms with Crippen molar-refractivity contribution < 1.29 is 19.1 Å². The van der Waals surface area contributed by atoms with Crippen molar-refractivity contribution in [1.82, 2.24) is 15.6 Å². The van der Waals surface area contributed by atoms with E-state index < -0.39 is 24.5 Å². The van der Waals surface area contributed by atoms with Crippen molar-refractivity contribution in [2.24, 2.45) is 0 Å². The first-order chi connectivity index (χ1) is 9.54. The molecule has 7 nitrogen and oxygen atoms in total. The smallest absolute Gasteiger partial charge is 0.357 e. The van der Waals surface area contributed by atoms with Gasteiger partial charge in [0.1, 0.15) is 11.7 Å². The summed E-state index contributed by atoms with van der Waals surface area (Å²) in [5, 5.41) is 4.99. The van der Waals surface area contributed by atoms with Gasteiger partial charge in [-0.2, -0.15) is 0 Å². The number of hydrogen-bond donors (Lipinski definition) is 2. The Morgan fingerprint density at radius 1 is 1.35 bits per heavy atom. The minimum Gasteiger partial charge on any atom is -0.451 e. The van der Waals surface area contributed by atoms with Gasteiger partial charge in [0, 0.05) is 12.7 Å². The second-order valence-electron chi connectivity index (χ2n) is 3.97. The second kappa shape index (κ2) is 7.88. The van der Waals surface area contributed by atoms with Gasteiger partial charge in [0.15, 0.2) is 6.61 Å². The van der Waals surface area contributed by atoms with Crippen LogP contribution in [0, 0.1) is 0 Å². The zero-order valence-corrected chi connectivity index (χ0v) is 11.4. The van der Waals surface area contributed by atoms with Crippen LogP contribution in [0.5, 0.6) is 0 Å². The zero-order chi connectivity index (χ0) is 15.0. The molecule has 2 amide bonds. The Balaban J connectivity index is 2.37. The van der Waals surface area contributed by atoms with Crippen LogP contribution in [0.2, 0.25) is 0 Å². The molecule has 0 aliphatic heterocycles. The van der Waals surface area contributed by atoms with Gasteiger partial charge in [0.2, 0.25) is 5.91 Å². The van der Waals surface area contributed by atoms with Gasteiger partial charge in [-0.25, -0.2) is 9.78 Å². The first-order valence-electron chi connectivity index (χ1n) is 6.19. The third-order valence-electron chi connectivity index (χ3n) is 2.33. The maximum absolute atomic E-state index is 11.5. The molecule has 108 valence electrons. The number of ether oxygens (including phenoxy) is 1. The van der Waals surface area contributed by atoms with Crippen molar-refractivity contribution in [1.29, 1.82) is 0 Å². The van der Waals surface area contributed by atoms with Gasteiger partial charge in [-0.1, -0.05) is 6.07 Å². The Hall–Kier alpha value is -2.44. The third-order valence-corrected chi connectivity index (χ3v) is 2.33. The van der Waals surface area contributed by atoms with Crippen molar-refractivity contribution >= 4 is 17.8 Å². The maximum atomic E-state index is 11.5. The molecule has 0 radical (unpaired) electrons. The molecule has 1 aromatic heterocycles. The van der Waals surface area contributed by atoms with E-state index in [1.165, 1.54) is 12.3 Å². The predicted molar refractivity (Wildman–Crippen MR) is 70.8 cm³/mol. The maximum Gasteiger partial charge on any atom is 0.357 e. The standard InChI is InChI=1S/C13H17N3O4/c1-3-14-12(18)9(2)16-11(17)8-20-13(19)10-6-4-5-7-15-10/h4-7,9H,3,8H2,1-2H3,(H,14,18)(H,16,17)/t9-/m1/s1. The summed E-state index contributed by atoms with van der Waals surface area (Å²) in [5.41, 5.74) is 0.122. The molecule has 0 aliphatic rings. The van der Waals surface area contributed by atoms with E-state index in [1.807, 2.05) is 0 Å². The normalized spacial score (nSPS) is 11.3. The summed E-state index contributed by atoms with van der Waals surface area (Å²) < 4.78 is 4.79. The number of nitrogens with one attached hydrogen (secondary N) is 2. The van der Waals surface area contributed by atoms with Crippen LogP contribution in [-0.2, 0) is 14.3 Å². The average Bonchev–Trinajstić information content (AvgIpc) is 2.45. The van der Waals surface area contributed by atoms with Crippen molar-refractivity contribution in [3.63, 3.8) is 0 Å². The van der Waals surface area contributed by atoms with Crippen LogP contribution >= 0.6 is 0 Å². The number of rotatable bonds is 6. The van der Waals surface area contributed by atoms with Crippen LogP contribution in [0.4, 0.5) is 0 Å². The summed E-state index contributed by atoms with van der Waals surface area (Å²) in [4.78, 5) is 38.2. The number of likely N-dealkylation sites (N-methyl/N-ethyl adjacent to an activating group) is 1. The minimum absolute atomic E-state index is 0.122. The van der Waals surface area contributed by atoms with Crippen molar-refractivity contribution in [2.75, 3.05) is 13.2 Å². The molecular weight excluding hydrogens is 262 g/mol. The Kier molecular flexibility index (Phi) is 6.15. The number of esters is 1. The fourth-order valence-corrected chi connectivity index (χ4v) is 1.36. The molecule has 0 aliphatic carbocycles. The minimum atomic E-state index is -0.689. The molecule has 20 heavy (non-hydrogen) atoms. The highest BCUT2D eigenvalue weighted by molar-refractivity contribution is 5.91. The molecule has 1 rings (SSSR count). The summed E-state index contributed by atoms with van der Waals surface area (Å²) in [6.07, 6.45) is 1.45. The fourth-order valence-electron chi connectivity index (χ4n) is 1.36. The Bertz CT molecular complexity index is 476. The van der Waals surface area contributed by atoms with E-state index in [-0.39, 0.29) is 11.6 Å². The molecule has 7 heteroatoms. The molecule has 0 aromatic carbocycles. The highest BCUT2D eigenvalue weighted by Gasteiger charge is 2.16. The Labute approximate surface area is 116 Å². The van der Waals surface area contributed by atoms with E-state index in [1.54, 1.807) is 26.0 Å². The zero-order valence-electron chi connectivity index (χ0n) is 11.4. The number of pyridine rings is 1. The van der Waals surface area contributed by atoms with Crippen LogP contribution in [0.15, 0.2) is 24.4 Å². The molecule has 0 saturated carbocycles. The van der Waals surface area contributed by atoms with Crippen LogP contribution < -0.4 is 10.6 Å². The van der Waals surface area contributed by atoms with E-state index in [9.17, 15) is 14.4 Å². The number of amides is 2. The van der Waals surface area contributed by atoms with Gasteiger partial charge < -0.3 is 15.4 Å². The quantitative estimate of drug-likeness (QED) is 0.707. The van der Waals surface area contributed by atoms with Crippen LogP contribution in [0.1, 0.15) is 24.3 Å². The summed E-state index contributed by atoms with van der Waals surface area (Å²) in [5.74, 6) is -1.53. The van der Waals surface area contributed by atoms with E-state index >= 15 is 0 Å². The summed E-state index contributed by atoms with van der Waals surface area (Å²) in [7, 11) is 0. The largest absolute Gasteiger partial charge is 0.451 e. The molecule has 1 heterocycles. The number of hydrogen-bond acceptors (Lipinski definition) is 5. The van der Waals surface area contributed by atoms with E-state index in [0.29, 0.717) is 6.54 Å². The van der Waals surface area contributed by atoms with E-state index in [0.717, 1.165) is 0 Å². The predicted octanol–water partition coefficient (Wildman–Crippen LogP) is -0.121. The van der Waals surface area contributed by atoms with Crippen molar-refractivity contribution in [3.8, 4) is 0 Å². The SMILES string of the molecule is CCNC(=O)[C@@H](C)NC(=O)COC(=O)c1ccccn1. The van der Waals surface area contributed by atoms with Crippen LogP contribution in [0.25, 0.3) is 0 Å². The molecule has 1 aromatic rings. The highest BCUT2D eigenvalue weighted by atomic mass is 16.5. The lowest BCUT2D eigenvalue weighted by Gasteiger charge is -2.13.